The van der Waals surface area contributed by atoms with Crippen LogP contribution in [-0.4, -0.2) is 21.8 Å². The monoisotopic (exact) mass is 305 g/mol. The van der Waals surface area contributed by atoms with Crippen molar-refractivity contribution >= 4 is 29.1 Å². The van der Waals surface area contributed by atoms with E-state index in [4.69, 9.17) is 5.11 Å². The quantitative estimate of drug-likeness (QED) is 0.641. The van der Waals surface area contributed by atoms with Crippen LogP contribution in [0.2, 0.25) is 0 Å². The van der Waals surface area contributed by atoms with E-state index in [2.05, 4.69) is 23.7 Å². The maximum Gasteiger partial charge on any atom is 0.347 e. The van der Waals surface area contributed by atoms with Gasteiger partial charge in [-0.15, -0.1) is 17.9 Å². The molecule has 0 fully saturated rings. The molecule has 20 heavy (non-hydrogen) atoms. The molecule has 0 amide bonds. The lowest BCUT2D eigenvalue weighted by molar-refractivity contribution is 0.0701. The highest BCUT2D eigenvalue weighted by Crippen LogP contribution is 2.29. The molecule has 0 saturated carbocycles. The molecule has 0 saturated heterocycles. The lowest BCUT2D eigenvalue weighted by atomic mass is 10.1. The minimum absolute atomic E-state index is 0.312. The van der Waals surface area contributed by atoms with Crippen LogP contribution >= 0.6 is 23.1 Å². The van der Waals surface area contributed by atoms with Crippen molar-refractivity contribution in [2.75, 3.05) is 5.75 Å². The number of thioether (sulfide) groups is 1. The second-order valence-corrected chi connectivity index (χ2v) is 6.27. The molecule has 0 atom stereocenters. The number of carboxylic acids is 1. The maximum atomic E-state index is 11.1. The highest BCUT2D eigenvalue weighted by atomic mass is 32.2. The van der Waals surface area contributed by atoms with E-state index in [1.807, 2.05) is 18.2 Å². The number of nitrogens with zero attached hydrogens (tertiary/aromatic N) is 1. The van der Waals surface area contributed by atoms with Crippen LogP contribution in [0.1, 0.15) is 20.9 Å². The number of aromatic nitrogens is 1. The molecule has 0 bridgehead atoms. The zero-order valence-electron chi connectivity index (χ0n) is 11.1. The minimum atomic E-state index is -0.913. The summed E-state index contributed by atoms with van der Waals surface area (Å²) in [6, 6.07) is 8.08. The Balaban J connectivity index is 2.24. The number of rotatable bonds is 6. The zero-order valence-corrected chi connectivity index (χ0v) is 12.8. The fraction of sp³-hybridized carbons (Fsp3) is 0.200. The van der Waals surface area contributed by atoms with E-state index in [0.717, 1.165) is 22.1 Å². The van der Waals surface area contributed by atoms with Crippen LogP contribution in [0.3, 0.4) is 0 Å². The number of hydrogen-bond donors (Lipinski definition) is 1. The van der Waals surface area contributed by atoms with Gasteiger partial charge in [-0.3, -0.25) is 0 Å². The Hall–Kier alpha value is -1.59. The Kier molecular flexibility index (Phi) is 4.98. The molecule has 1 aromatic carbocycles. The van der Waals surface area contributed by atoms with Crippen molar-refractivity contribution in [3.63, 3.8) is 0 Å². The standard InChI is InChI=1S/C15H15NO2S2/c1-3-7-19-9-11-5-4-6-12(8-11)14-16-10(2)13(20-14)15(17)18/h3-6,8H,1,7,9H2,2H3,(H,17,18). The predicted octanol–water partition coefficient (Wildman–Crippen LogP) is 4.24. The predicted molar refractivity (Wildman–Crippen MR) is 85.6 cm³/mol. The van der Waals surface area contributed by atoms with E-state index < -0.39 is 5.97 Å². The number of hydrogen-bond acceptors (Lipinski definition) is 4. The first kappa shape index (κ1) is 14.8. The van der Waals surface area contributed by atoms with Crippen LogP contribution in [0.15, 0.2) is 36.9 Å². The first-order valence-electron chi connectivity index (χ1n) is 6.10. The molecule has 0 aliphatic carbocycles. The molecule has 2 rings (SSSR count). The van der Waals surface area contributed by atoms with Gasteiger partial charge in [0.15, 0.2) is 0 Å². The van der Waals surface area contributed by atoms with Gasteiger partial charge in [0.25, 0.3) is 0 Å². The second-order valence-electron chi connectivity index (χ2n) is 4.24. The molecule has 0 radical (unpaired) electrons. The van der Waals surface area contributed by atoms with Crippen LogP contribution in [0.4, 0.5) is 0 Å². The van der Waals surface area contributed by atoms with Gasteiger partial charge in [0.2, 0.25) is 0 Å². The molecular formula is C15H15NO2S2. The third-order valence-electron chi connectivity index (χ3n) is 2.67. The molecule has 0 spiro atoms. The number of aryl methyl sites for hydroxylation is 1. The molecule has 0 aliphatic rings. The van der Waals surface area contributed by atoms with E-state index in [1.165, 1.54) is 16.9 Å². The summed E-state index contributed by atoms with van der Waals surface area (Å²) in [7, 11) is 0. The van der Waals surface area contributed by atoms with E-state index in [1.54, 1.807) is 18.7 Å². The number of carboxylic acid groups (broad SMARTS) is 1. The maximum absolute atomic E-state index is 11.1. The number of benzene rings is 1. The Morgan fingerprint density at radius 3 is 3.00 bits per heavy atom. The van der Waals surface area contributed by atoms with Crippen molar-refractivity contribution in [2.45, 2.75) is 12.7 Å². The van der Waals surface area contributed by atoms with Gasteiger partial charge in [-0.1, -0.05) is 24.3 Å². The first-order chi connectivity index (χ1) is 9.61. The van der Waals surface area contributed by atoms with Gasteiger partial charge in [0, 0.05) is 17.1 Å². The highest BCUT2D eigenvalue weighted by Gasteiger charge is 2.15. The van der Waals surface area contributed by atoms with Crippen molar-refractivity contribution in [3.05, 3.63) is 53.1 Å². The molecule has 0 unspecified atom stereocenters. The average Bonchev–Trinajstić information content (AvgIpc) is 2.82. The molecule has 3 nitrogen and oxygen atoms in total. The number of aromatic carboxylic acids is 1. The Morgan fingerprint density at radius 1 is 1.55 bits per heavy atom. The Labute approximate surface area is 126 Å². The van der Waals surface area contributed by atoms with E-state index in [0.29, 0.717) is 10.6 Å². The Morgan fingerprint density at radius 2 is 2.35 bits per heavy atom. The fourth-order valence-electron chi connectivity index (χ4n) is 1.77. The molecular weight excluding hydrogens is 290 g/mol. The SMILES string of the molecule is C=CCSCc1cccc(-c2nc(C)c(C(=O)O)s2)c1. The minimum Gasteiger partial charge on any atom is -0.477 e. The summed E-state index contributed by atoms with van der Waals surface area (Å²) < 4.78 is 0. The smallest absolute Gasteiger partial charge is 0.347 e. The molecule has 104 valence electrons. The van der Waals surface area contributed by atoms with Crippen LogP contribution in [0.5, 0.6) is 0 Å². The van der Waals surface area contributed by atoms with Gasteiger partial charge in [0.05, 0.1) is 5.69 Å². The molecule has 5 heteroatoms. The summed E-state index contributed by atoms with van der Waals surface area (Å²) in [5.41, 5.74) is 2.75. The molecule has 0 aliphatic heterocycles. The second kappa shape index (κ2) is 6.72. The van der Waals surface area contributed by atoms with Crippen LogP contribution < -0.4 is 0 Å². The van der Waals surface area contributed by atoms with Crippen molar-refractivity contribution in [1.29, 1.82) is 0 Å². The fourth-order valence-corrected chi connectivity index (χ4v) is 3.37. The topological polar surface area (TPSA) is 50.2 Å². The summed E-state index contributed by atoms with van der Waals surface area (Å²) in [4.78, 5) is 15.7. The van der Waals surface area contributed by atoms with Gasteiger partial charge >= 0.3 is 5.97 Å². The van der Waals surface area contributed by atoms with Gasteiger partial charge in [0.1, 0.15) is 9.88 Å². The third kappa shape index (κ3) is 3.49. The van der Waals surface area contributed by atoms with Crippen molar-refractivity contribution in [2.24, 2.45) is 0 Å². The molecule has 2 aromatic rings. The van der Waals surface area contributed by atoms with Gasteiger partial charge < -0.3 is 5.11 Å². The summed E-state index contributed by atoms with van der Waals surface area (Å²) in [6.07, 6.45) is 1.89. The van der Waals surface area contributed by atoms with E-state index in [9.17, 15) is 4.79 Å². The van der Waals surface area contributed by atoms with E-state index in [-0.39, 0.29) is 0 Å². The van der Waals surface area contributed by atoms with Crippen molar-refractivity contribution in [1.82, 2.24) is 4.98 Å². The van der Waals surface area contributed by atoms with Gasteiger partial charge in [-0.25, -0.2) is 9.78 Å². The summed E-state index contributed by atoms with van der Waals surface area (Å²) >= 11 is 3.02. The van der Waals surface area contributed by atoms with Gasteiger partial charge in [-0.2, -0.15) is 11.8 Å². The lowest BCUT2D eigenvalue weighted by Gasteiger charge is -2.02. The molecule has 1 aromatic heterocycles. The normalized spacial score (nSPS) is 10.4. The van der Waals surface area contributed by atoms with E-state index >= 15 is 0 Å². The molecule has 1 N–H and O–H groups in total. The van der Waals surface area contributed by atoms with Crippen molar-refractivity contribution < 1.29 is 9.90 Å². The largest absolute Gasteiger partial charge is 0.477 e. The van der Waals surface area contributed by atoms with Crippen LogP contribution in [0.25, 0.3) is 10.6 Å². The first-order valence-corrected chi connectivity index (χ1v) is 8.07. The zero-order chi connectivity index (χ0) is 14.5. The lowest BCUT2D eigenvalue weighted by Crippen LogP contribution is -1.94. The summed E-state index contributed by atoms with van der Waals surface area (Å²) in [5.74, 6) is 0.920. The number of thiazole rings is 1. The van der Waals surface area contributed by atoms with Crippen molar-refractivity contribution in [3.8, 4) is 10.6 Å². The highest BCUT2D eigenvalue weighted by molar-refractivity contribution is 7.98. The van der Waals surface area contributed by atoms with Crippen LogP contribution in [-0.2, 0) is 5.75 Å². The van der Waals surface area contributed by atoms with Gasteiger partial charge in [-0.05, 0) is 18.6 Å². The Bertz CT molecular complexity index is 635. The summed E-state index contributed by atoms with van der Waals surface area (Å²) in [5, 5.41) is 9.84. The third-order valence-corrected chi connectivity index (χ3v) is 4.87. The average molecular weight is 305 g/mol. The van der Waals surface area contributed by atoms with Crippen LogP contribution in [0, 0.1) is 6.92 Å². The number of carbonyl (C=O) groups is 1. The summed E-state index contributed by atoms with van der Waals surface area (Å²) in [6.45, 7) is 5.43. The molecule has 1 heterocycles.